The summed E-state index contributed by atoms with van der Waals surface area (Å²) in [6, 6.07) is 17.9. The molecule has 1 aliphatic heterocycles. The van der Waals surface area contributed by atoms with E-state index in [1.807, 2.05) is 24.3 Å². The quantitative estimate of drug-likeness (QED) is 0.338. The van der Waals surface area contributed by atoms with Gasteiger partial charge in [-0.25, -0.2) is 4.79 Å². The Bertz CT molecular complexity index is 1370. The number of amides is 2. The fraction of sp³-hybridized carbons (Fsp3) is 0.333. The maximum atomic E-state index is 13.4. The Morgan fingerprint density at radius 3 is 2.41 bits per heavy atom. The van der Waals surface area contributed by atoms with E-state index in [1.165, 1.54) is 0 Å². The second-order valence-electron chi connectivity index (χ2n) is 9.84. The van der Waals surface area contributed by atoms with Gasteiger partial charge in [0.25, 0.3) is 0 Å². The van der Waals surface area contributed by atoms with Gasteiger partial charge in [0.2, 0.25) is 5.91 Å². The van der Waals surface area contributed by atoms with E-state index < -0.39 is 30.6 Å². The molecule has 3 aromatic rings. The van der Waals surface area contributed by atoms with Crippen molar-refractivity contribution in [1.29, 1.82) is 0 Å². The average molecular weight is 538 g/mol. The van der Waals surface area contributed by atoms with Gasteiger partial charge in [-0.15, -0.1) is 0 Å². The van der Waals surface area contributed by atoms with Crippen molar-refractivity contribution < 1.29 is 27.5 Å². The number of unbranched alkanes of at least 4 members (excludes halogenated alkanes) is 1. The second-order valence-corrected chi connectivity index (χ2v) is 9.84. The number of nitrogens with zero attached hydrogens (tertiary/aromatic N) is 1. The monoisotopic (exact) mass is 537 g/mol. The number of carbonyl (C=O) groups excluding carboxylic acids is 2. The summed E-state index contributed by atoms with van der Waals surface area (Å²) in [6.07, 6.45) is -1.86. The molecule has 9 heteroatoms. The number of halogens is 3. The van der Waals surface area contributed by atoms with Gasteiger partial charge in [-0.1, -0.05) is 55.8 Å². The first-order valence-electron chi connectivity index (χ1n) is 13.2. The highest BCUT2D eigenvalue weighted by atomic mass is 19.4. The van der Waals surface area contributed by atoms with Crippen LogP contribution in [0.5, 0.6) is 5.75 Å². The summed E-state index contributed by atoms with van der Waals surface area (Å²) < 4.78 is 44.6. The Morgan fingerprint density at radius 1 is 1.03 bits per heavy atom. The lowest BCUT2D eigenvalue weighted by Crippen LogP contribution is -2.39. The van der Waals surface area contributed by atoms with Crippen molar-refractivity contribution in [3.8, 4) is 16.9 Å². The van der Waals surface area contributed by atoms with Gasteiger partial charge in [-0.05, 0) is 65.3 Å². The third-order valence-electron chi connectivity index (χ3n) is 7.16. The van der Waals surface area contributed by atoms with Crippen LogP contribution in [0.2, 0.25) is 0 Å². The highest BCUT2D eigenvalue weighted by molar-refractivity contribution is 6.02. The van der Waals surface area contributed by atoms with Crippen LogP contribution >= 0.6 is 0 Å². The average Bonchev–Trinajstić information content (AvgIpc) is 3.20. The summed E-state index contributed by atoms with van der Waals surface area (Å²) in [4.78, 5) is 28.5. The minimum Gasteiger partial charge on any atom is -0.410 e. The summed E-state index contributed by atoms with van der Waals surface area (Å²) in [5, 5.41) is 5.04. The molecule has 0 bridgehead atoms. The zero-order chi connectivity index (χ0) is 27.6. The molecule has 1 saturated heterocycles. The minimum absolute atomic E-state index is 0.402. The minimum atomic E-state index is -4.52. The molecule has 2 aliphatic rings. The number of hydrogen-bond donors (Lipinski definition) is 2. The maximum Gasteiger partial charge on any atom is 0.417 e. The van der Waals surface area contributed by atoms with Gasteiger partial charge in [0.05, 0.1) is 17.3 Å². The van der Waals surface area contributed by atoms with Gasteiger partial charge >= 0.3 is 12.3 Å². The first kappa shape index (κ1) is 26.6. The third-order valence-corrected chi connectivity index (χ3v) is 7.16. The molecular weight excluding hydrogens is 507 g/mol. The standard InChI is InChI=1S/C30H30F3N3O3/c1-2-3-12-22-25-23(20-13-7-8-14-21(20)26(25)28(37)34-18-30(31,32)33)17-24(27(22)36-15-9-16-36)35-29(38)39-19-10-5-4-6-11-19/h4-8,10-11,13-14,17,26H,2-3,9,12,15-16,18H2,1H3,(H,34,37)(H,35,38). The van der Waals surface area contributed by atoms with Crippen molar-refractivity contribution in [3.63, 3.8) is 0 Å². The Balaban J connectivity index is 1.62. The van der Waals surface area contributed by atoms with Gasteiger partial charge < -0.3 is 15.0 Å². The molecule has 1 heterocycles. The van der Waals surface area contributed by atoms with E-state index >= 15 is 0 Å². The van der Waals surface area contributed by atoms with Crippen molar-refractivity contribution >= 4 is 23.4 Å². The zero-order valence-corrected chi connectivity index (χ0v) is 21.6. The second kappa shape index (κ2) is 11.0. The molecule has 0 saturated carbocycles. The summed E-state index contributed by atoms with van der Waals surface area (Å²) in [5.74, 6) is -1.16. The molecule has 6 nitrogen and oxygen atoms in total. The molecule has 0 spiro atoms. The van der Waals surface area contributed by atoms with Crippen LogP contribution in [0.15, 0.2) is 60.7 Å². The lowest BCUT2D eigenvalue weighted by atomic mass is 9.87. The molecular formula is C30H30F3N3O3. The molecule has 0 radical (unpaired) electrons. The number of hydrogen-bond acceptors (Lipinski definition) is 4. The number of rotatable bonds is 8. The molecule has 39 heavy (non-hydrogen) atoms. The number of fused-ring (bicyclic) bond motifs is 3. The zero-order valence-electron chi connectivity index (χ0n) is 21.6. The van der Waals surface area contributed by atoms with Crippen molar-refractivity contribution in [2.24, 2.45) is 0 Å². The third kappa shape index (κ3) is 5.57. The fourth-order valence-electron chi connectivity index (χ4n) is 5.34. The number of alkyl halides is 3. The van der Waals surface area contributed by atoms with E-state index in [0.29, 0.717) is 29.0 Å². The topological polar surface area (TPSA) is 70.7 Å². The van der Waals surface area contributed by atoms with Crippen molar-refractivity contribution in [2.45, 2.75) is 44.7 Å². The maximum absolute atomic E-state index is 13.4. The number of benzene rings is 3. The summed E-state index contributed by atoms with van der Waals surface area (Å²) >= 11 is 0. The van der Waals surface area contributed by atoms with E-state index in [-0.39, 0.29) is 0 Å². The van der Waals surface area contributed by atoms with E-state index in [2.05, 4.69) is 22.5 Å². The van der Waals surface area contributed by atoms with Gasteiger partial charge in [-0.3, -0.25) is 10.1 Å². The SMILES string of the molecule is CCCCc1c2c(cc(NC(=O)Oc3ccccc3)c1N1CCC1)-c1ccccc1C2C(=O)NCC(F)(F)F. The van der Waals surface area contributed by atoms with Crippen LogP contribution in [0.1, 0.15) is 48.8 Å². The number of ether oxygens (including phenoxy) is 1. The number of para-hydroxylation sites is 1. The van der Waals surface area contributed by atoms with Gasteiger partial charge in [0, 0.05) is 13.1 Å². The molecule has 1 unspecified atom stereocenters. The van der Waals surface area contributed by atoms with Crippen LogP contribution in [-0.4, -0.2) is 37.8 Å². The smallest absolute Gasteiger partial charge is 0.410 e. The molecule has 0 aromatic heterocycles. The van der Waals surface area contributed by atoms with E-state index in [9.17, 15) is 22.8 Å². The molecule has 3 aromatic carbocycles. The van der Waals surface area contributed by atoms with Crippen LogP contribution in [0.4, 0.5) is 29.3 Å². The predicted octanol–water partition coefficient (Wildman–Crippen LogP) is 6.64. The predicted molar refractivity (Wildman–Crippen MR) is 144 cm³/mol. The lowest BCUT2D eigenvalue weighted by Gasteiger charge is -2.37. The highest BCUT2D eigenvalue weighted by Crippen LogP contribution is 2.52. The normalized spacial score (nSPS) is 15.7. The van der Waals surface area contributed by atoms with Crippen molar-refractivity contribution in [2.75, 3.05) is 29.9 Å². The Morgan fingerprint density at radius 2 is 1.74 bits per heavy atom. The van der Waals surface area contributed by atoms with E-state index in [4.69, 9.17) is 4.74 Å². The Hall–Kier alpha value is -4.01. The molecule has 1 aliphatic carbocycles. The molecule has 204 valence electrons. The highest BCUT2D eigenvalue weighted by Gasteiger charge is 2.40. The molecule has 2 N–H and O–H groups in total. The van der Waals surface area contributed by atoms with Gasteiger partial charge in [0.15, 0.2) is 0 Å². The summed E-state index contributed by atoms with van der Waals surface area (Å²) in [6.45, 7) is 2.22. The molecule has 1 atom stereocenters. The molecule has 5 rings (SSSR count). The van der Waals surface area contributed by atoms with Crippen LogP contribution in [0, 0.1) is 0 Å². The Labute approximate surface area is 225 Å². The van der Waals surface area contributed by atoms with E-state index in [1.54, 1.807) is 36.4 Å². The largest absolute Gasteiger partial charge is 0.417 e. The van der Waals surface area contributed by atoms with E-state index in [0.717, 1.165) is 54.7 Å². The first-order chi connectivity index (χ1) is 18.8. The number of nitrogens with one attached hydrogen (secondary N) is 2. The fourth-order valence-corrected chi connectivity index (χ4v) is 5.34. The van der Waals surface area contributed by atoms with Crippen LogP contribution in [-0.2, 0) is 11.2 Å². The van der Waals surface area contributed by atoms with Crippen LogP contribution < -0.4 is 20.3 Å². The Kier molecular flexibility index (Phi) is 7.50. The molecule has 1 fully saturated rings. The lowest BCUT2D eigenvalue weighted by molar-refractivity contribution is -0.138. The molecule has 2 amide bonds. The van der Waals surface area contributed by atoms with Crippen molar-refractivity contribution in [1.82, 2.24) is 5.32 Å². The first-order valence-corrected chi connectivity index (χ1v) is 13.2. The van der Waals surface area contributed by atoms with Gasteiger partial charge in [-0.2, -0.15) is 13.2 Å². The van der Waals surface area contributed by atoms with Crippen molar-refractivity contribution in [3.05, 3.63) is 77.4 Å². The van der Waals surface area contributed by atoms with Gasteiger partial charge in [0.1, 0.15) is 12.3 Å². The number of carbonyl (C=O) groups is 2. The summed E-state index contributed by atoms with van der Waals surface area (Å²) in [5.41, 5.74) is 5.13. The summed E-state index contributed by atoms with van der Waals surface area (Å²) in [7, 11) is 0. The van der Waals surface area contributed by atoms with Crippen LogP contribution in [0.3, 0.4) is 0 Å². The number of anilines is 2. The van der Waals surface area contributed by atoms with Crippen LogP contribution in [0.25, 0.3) is 11.1 Å².